The Hall–Kier alpha value is -2.37. The lowest BCUT2D eigenvalue weighted by atomic mass is 10.2. The monoisotopic (exact) mass is 262 g/mol. The molecule has 2 rings (SSSR count). The molecule has 0 saturated heterocycles. The number of nitrogens with zero attached hydrogens (tertiary/aromatic N) is 2. The highest BCUT2D eigenvalue weighted by molar-refractivity contribution is 5.89. The van der Waals surface area contributed by atoms with Crippen molar-refractivity contribution in [2.45, 2.75) is 13.5 Å². The predicted molar refractivity (Wildman–Crippen MR) is 71.2 cm³/mol. The van der Waals surface area contributed by atoms with Crippen LogP contribution in [0.15, 0.2) is 30.6 Å². The minimum Gasteiger partial charge on any atom is -0.378 e. The molecule has 0 unspecified atom stereocenters. The molecule has 1 aromatic carbocycles. The molecule has 5 nitrogen and oxygen atoms in total. The van der Waals surface area contributed by atoms with Gasteiger partial charge in [-0.2, -0.15) is 0 Å². The van der Waals surface area contributed by atoms with Crippen LogP contribution in [0.5, 0.6) is 0 Å². The Kier molecular flexibility index (Phi) is 3.79. The number of hydrogen-bond donors (Lipinski definition) is 2. The SMILES string of the molecule is CC(=O)Nc1cc(NCc2nccn2C)ccc1F. The molecule has 1 aromatic heterocycles. The third kappa shape index (κ3) is 3.31. The van der Waals surface area contributed by atoms with Crippen molar-refractivity contribution in [3.63, 3.8) is 0 Å². The van der Waals surface area contributed by atoms with E-state index in [1.165, 1.54) is 13.0 Å². The van der Waals surface area contributed by atoms with Gasteiger partial charge in [0.25, 0.3) is 0 Å². The number of halogens is 1. The van der Waals surface area contributed by atoms with Gasteiger partial charge in [-0.1, -0.05) is 0 Å². The van der Waals surface area contributed by atoms with Gasteiger partial charge >= 0.3 is 0 Å². The van der Waals surface area contributed by atoms with Gasteiger partial charge < -0.3 is 15.2 Å². The van der Waals surface area contributed by atoms with E-state index in [1.54, 1.807) is 18.3 Å². The highest BCUT2D eigenvalue weighted by Crippen LogP contribution is 2.20. The lowest BCUT2D eigenvalue weighted by molar-refractivity contribution is -0.114. The molecular formula is C13H15FN4O. The molecule has 2 N–H and O–H groups in total. The van der Waals surface area contributed by atoms with Crippen molar-refractivity contribution in [2.24, 2.45) is 7.05 Å². The van der Waals surface area contributed by atoms with Gasteiger partial charge in [0.15, 0.2) is 0 Å². The molecular weight excluding hydrogens is 247 g/mol. The average molecular weight is 262 g/mol. The van der Waals surface area contributed by atoms with Crippen LogP contribution in [0.3, 0.4) is 0 Å². The molecule has 0 bridgehead atoms. The number of rotatable bonds is 4. The first-order chi connectivity index (χ1) is 9.06. The summed E-state index contributed by atoms with van der Waals surface area (Å²) >= 11 is 0. The fourth-order valence-corrected chi connectivity index (χ4v) is 1.67. The van der Waals surface area contributed by atoms with Gasteiger partial charge in [-0.3, -0.25) is 4.79 Å². The van der Waals surface area contributed by atoms with Gasteiger partial charge in [0, 0.05) is 32.1 Å². The topological polar surface area (TPSA) is 59.0 Å². The smallest absolute Gasteiger partial charge is 0.221 e. The van der Waals surface area contributed by atoms with E-state index in [0.29, 0.717) is 12.2 Å². The minimum atomic E-state index is -0.460. The number of benzene rings is 1. The zero-order valence-electron chi connectivity index (χ0n) is 10.8. The molecule has 0 aliphatic carbocycles. The lowest BCUT2D eigenvalue weighted by Gasteiger charge is -2.09. The van der Waals surface area contributed by atoms with Crippen molar-refractivity contribution in [3.8, 4) is 0 Å². The van der Waals surface area contributed by atoms with E-state index in [1.807, 2.05) is 17.8 Å². The molecule has 0 aliphatic heterocycles. The van der Waals surface area contributed by atoms with Gasteiger partial charge in [0.05, 0.1) is 12.2 Å². The average Bonchev–Trinajstić information content (AvgIpc) is 2.75. The van der Waals surface area contributed by atoms with Crippen molar-refractivity contribution >= 4 is 17.3 Å². The van der Waals surface area contributed by atoms with Gasteiger partial charge in [0.2, 0.25) is 5.91 Å². The summed E-state index contributed by atoms with van der Waals surface area (Å²) < 4.78 is 15.3. The molecule has 1 heterocycles. The van der Waals surface area contributed by atoms with Gasteiger partial charge in [-0.05, 0) is 18.2 Å². The predicted octanol–water partition coefficient (Wildman–Crippen LogP) is 2.13. The second-order valence-corrected chi connectivity index (χ2v) is 4.18. The molecule has 0 aliphatic rings. The Morgan fingerprint density at radius 1 is 1.47 bits per heavy atom. The first kappa shape index (κ1) is 13.1. The number of carbonyl (C=O) groups excluding carboxylic acids is 1. The van der Waals surface area contributed by atoms with E-state index in [4.69, 9.17) is 0 Å². The molecule has 6 heteroatoms. The molecule has 0 atom stereocenters. The second kappa shape index (κ2) is 5.51. The normalized spacial score (nSPS) is 10.3. The number of aromatic nitrogens is 2. The van der Waals surface area contributed by atoms with Crippen LogP contribution >= 0.6 is 0 Å². The number of nitrogens with one attached hydrogen (secondary N) is 2. The van der Waals surface area contributed by atoms with Crippen LogP contribution < -0.4 is 10.6 Å². The second-order valence-electron chi connectivity index (χ2n) is 4.18. The number of carbonyl (C=O) groups is 1. The lowest BCUT2D eigenvalue weighted by Crippen LogP contribution is -2.09. The zero-order chi connectivity index (χ0) is 13.8. The van der Waals surface area contributed by atoms with Crippen molar-refractivity contribution in [3.05, 3.63) is 42.2 Å². The Morgan fingerprint density at radius 3 is 2.89 bits per heavy atom. The summed E-state index contributed by atoms with van der Waals surface area (Å²) in [5.74, 6) is 0.100. The van der Waals surface area contributed by atoms with Crippen LogP contribution in [-0.2, 0) is 18.4 Å². The van der Waals surface area contributed by atoms with Crippen LogP contribution in [0.1, 0.15) is 12.7 Å². The number of aryl methyl sites for hydroxylation is 1. The molecule has 100 valence electrons. The first-order valence-electron chi connectivity index (χ1n) is 5.83. The van der Waals surface area contributed by atoms with Crippen LogP contribution in [-0.4, -0.2) is 15.5 Å². The maximum Gasteiger partial charge on any atom is 0.221 e. The number of hydrogen-bond acceptors (Lipinski definition) is 3. The van der Waals surface area contributed by atoms with Crippen LogP contribution in [0.25, 0.3) is 0 Å². The van der Waals surface area contributed by atoms with Gasteiger partial charge in [-0.15, -0.1) is 0 Å². The quantitative estimate of drug-likeness (QED) is 0.887. The van der Waals surface area contributed by atoms with E-state index in [0.717, 1.165) is 5.82 Å². The number of amides is 1. The van der Waals surface area contributed by atoms with Crippen molar-refractivity contribution in [1.82, 2.24) is 9.55 Å². The molecule has 2 aromatic rings. The molecule has 0 fully saturated rings. The van der Waals surface area contributed by atoms with Gasteiger partial charge in [0.1, 0.15) is 11.6 Å². The van der Waals surface area contributed by atoms with E-state index < -0.39 is 5.82 Å². The molecule has 1 amide bonds. The first-order valence-corrected chi connectivity index (χ1v) is 5.83. The molecule has 19 heavy (non-hydrogen) atoms. The summed E-state index contributed by atoms with van der Waals surface area (Å²) in [6.07, 6.45) is 3.56. The van der Waals surface area contributed by atoms with Crippen LogP contribution in [0, 0.1) is 5.82 Å². The Bertz CT molecular complexity index is 594. The number of anilines is 2. The Balaban J connectivity index is 2.08. The molecule has 0 radical (unpaired) electrons. The van der Waals surface area contributed by atoms with Crippen molar-refractivity contribution in [2.75, 3.05) is 10.6 Å². The summed E-state index contributed by atoms with van der Waals surface area (Å²) in [5, 5.41) is 5.57. The third-order valence-corrected chi connectivity index (χ3v) is 2.65. The minimum absolute atomic E-state index is 0.164. The van der Waals surface area contributed by atoms with Crippen LogP contribution in [0.4, 0.5) is 15.8 Å². The Labute approximate surface area is 110 Å². The zero-order valence-corrected chi connectivity index (χ0v) is 10.8. The van der Waals surface area contributed by atoms with E-state index in [9.17, 15) is 9.18 Å². The fourth-order valence-electron chi connectivity index (χ4n) is 1.67. The van der Waals surface area contributed by atoms with Crippen LogP contribution in [0.2, 0.25) is 0 Å². The number of imidazole rings is 1. The Morgan fingerprint density at radius 2 is 2.26 bits per heavy atom. The van der Waals surface area contributed by atoms with Crippen molar-refractivity contribution < 1.29 is 9.18 Å². The largest absolute Gasteiger partial charge is 0.378 e. The highest BCUT2D eigenvalue weighted by atomic mass is 19.1. The van der Waals surface area contributed by atoms with Gasteiger partial charge in [-0.25, -0.2) is 9.37 Å². The summed E-state index contributed by atoms with van der Waals surface area (Å²) in [7, 11) is 1.90. The van der Waals surface area contributed by atoms with E-state index in [-0.39, 0.29) is 11.6 Å². The standard InChI is InChI=1S/C13H15FN4O/c1-9(19)17-12-7-10(3-4-11(12)14)16-8-13-15-5-6-18(13)2/h3-7,16H,8H2,1-2H3,(H,17,19). The summed E-state index contributed by atoms with van der Waals surface area (Å²) in [6.45, 7) is 1.86. The van der Waals surface area contributed by atoms with Crippen molar-refractivity contribution in [1.29, 1.82) is 0 Å². The molecule has 0 spiro atoms. The fraction of sp³-hybridized carbons (Fsp3) is 0.231. The molecule has 0 saturated carbocycles. The maximum atomic E-state index is 13.4. The summed E-state index contributed by atoms with van der Waals surface area (Å²) in [4.78, 5) is 15.1. The summed E-state index contributed by atoms with van der Waals surface area (Å²) in [6, 6.07) is 4.48. The summed E-state index contributed by atoms with van der Waals surface area (Å²) in [5.41, 5.74) is 0.880. The third-order valence-electron chi connectivity index (χ3n) is 2.65. The maximum absolute atomic E-state index is 13.4. The van der Waals surface area contributed by atoms with E-state index in [2.05, 4.69) is 15.6 Å². The highest BCUT2D eigenvalue weighted by Gasteiger charge is 2.05. The van der Waals surface area contributed by atoms with E-state index >= 15 is 0 Å².